The van der Waals surface area contributed by atoms with Crippen LogP contribution in [0, 0.1) is 3.70 Å². The number of nitrogens with zero attached hydrogens (tertiary/aromatic N) is 2. The molecule has 1 rings (SSSR count). The maximum atomic E-state index is 6.02. The summed E-state index contributed by atoms with van der Waals surface area (Å²) in [7, 11) is -2.69. The molecule has 102 valence electrons. The van der Waals surface area contributed by atoms with Gasteiger partial charge in [-0.25, -0.2) is 9.97 Å². The van der Waals surface area contributed by atoms with Crippen molar-refractivity contribution in [1.29, 1.82) is 0 Å². The normalized spacial score (nSPS) is 13.2. The van der Waals surface area contributed by atoms with E-state index in [0.717, 1.165) is 9.39 Å². The van der Waals surface area contributed by atoms with E-state index in [9.17, 15) is 0 Å². The molecule has 0 aliphatic carbocycles. The predicted octanol–water partition coefficient (Wildman–Crippen LogP) is 5.34. The largest absolute Gasteiger partial charge is 0.240 e. The van der Waals surface area contributed by atoms with Crippen molar-refractivity contribution in [2.24, 2.45) is 0 Å². The van der Waals surface area contributed by atoms with Gasteiger partial charge < -0.3 is 0 Å². The molecule has 0 aliphatic heterocycles. The summed E-state index contributed by atoms with van der Waals surface area (Å²) in [6.45, 7) is 14.5. The van der Waals surface area contributed by atoms with Crippen molar-refractivity contribution < 1.29 is 0 Å². The number of aromatic nitrogens is 2. The van der Waals surface area contributed by atoms with Crippen molar-refractivity contribution >= 4 is 66.3 Å². The van der Waals surface area contributed by atoms with Gasteiger partial charge in [-0.1, -0.05) is 50.9 Å². The molecule has 1 aromatic heterocycles. The van der Waals surface area contributed by atoms with Gasteiger partial charge in [0.1, 0.15) is 8.30 Å². The summed E-state index contributed by atoms with van der Waals surface area (Å²) < 4.78 is 1.62. The highest BCUT2D eigenvalue weighted by Crippen LogP contribution is 2.37. The second-order valence-electron chi connectivity index (χ2n) is 6.65. The molecule has 0 fully saturated rings. The van der Waals surface area contributed by atoms with Crippen LogP contribution < -0.4 is 0 Å². The summed E-state index contributed by atoms with van der Waals surface area (Å²) >= 11 is 11.7. The van der Waals surface area contributed by atoms with E-state index in [4.69, 9.17) is 11.6 Å². The number of halogens is 3. The zero-order valence-corrected chi connectivity index (χ0v) is 18.1. The second kappa shape index (κ2) is 5.79. The fraction of sp³-hybridized carbons (Fsp3) is 0.636. The molecule has 0 spiro atoms. The molecule has 1 heterocycles. The molecular weight excluding hydrogens is 459 g/mol. The molecule has 0 amide bonds. The Morgan fingerprint density at radius 2 is 1.50 bits per heavy atom. The molecule has 2 nitrogen and oxygen atoms in total. The minimum absolute atomic E-state index is 0.452. The molecule has 1 aromatic rings. The van der Waals surface area contributed by atoms with Gasteiger partial charge in [0, 0.05) is 0 Å². The highest BCUT2D eigenvalue weighted by molar-refractivity contribution is 14.1. The predicted molar refractivity (Wildman–Crippen MR) is 96.9 cm³/mol. The standard InChI is InChI=1S/C11H19BrClIN2Si2/c1-17(2,3)11(18(4,5)6)7-10(14)16-9(13)8(12)15-7/h11H,1-6H3. The minimum atomic E-state index is -1.34. The molecule has 18 heavy (non-hydrogen) atoms. The van der Waals surface area contributed by atoms with Crippen LogP contribution in [-0.4, -0.2) is 26.1 Å². The third kappa shape index (κ3) is 4.00. The SMILES string of the molecule is C[Si](C)(C)C(c1nc(Br)c(Cl)nc1I)[Si](C)(C)C. The van der Waals surface area contributed by atoms with Gasteiger partial charge in [-0.05, 0) is 43.7 Å². The molecule has 7 heteroatoms. The second-order valence-corrected chi connectivity index (χ2v) is 20.0. The first kappa shape index (κ1) is 17.1. The van der Waals surface area contributed by atoms with Crippen LogP contribution >= 0.6 is 50.1 Å². The van der Waals surface area contributed by atoms with Crippen molar-refractivity contribution in [3.05, 3.63) is 19.2 Å². The van der Waals surface area contributed by atoms with Crippen molar-refractivity contribution in [2.45, 2.75) is 44.4 Å². The van der Waals surface area contributed by atoms with E-state index >= 15 is 0 Å². The summed E-state index contributed by atoms with van der Waals surface area (Å²) in [5.74, 6) is 0. The van der Waals surface area contributed by atoms with Gasteiger partial charge in [0.05, 0.1) is 21.8 Å². The lowest BCUT2D eigenvalue weighted by Gasteiger charge is -2.38. The maximum Gasteiger partial charge on any atom is 0.163 e. The average molecular weight is 478 g/mol. The highest BCUT2D eigenvalue weighted by Gasteiger charge is 2.41. The van der Waals surface area contributed by atoms with E-state index in [0.29, 0.717) is 14.9 Å². The number of rotatable bonds is 3. The molecule has 0 saturated carbocycles. The Hall–Kier alpha value is 1.01. The quantitative estimate of drug-likeness (QED) is 0.434. The molecule has 0 bridgehead atoms. The van der Waals surface area contributed by atoms with Crippen LogP contribution in [0.2, 0.25) is 44.4 Å². The minimum Gasteiger partial charge on any atom is -0.240 e. The fourth-order valence-corrected chi connectivity index (χ4v) is 16.9. The Morgan fingerprint density at radius 1 is 1.06 bits per heavy atom. The van der Waals surface area contributed by atoms with Crippen LogP contribution in [0.3, 0.4) is 0 Å². The van der Waals surface area contributed by atoms with Gasteiger partial charge in [-0.3, -0.25) is 0 Å². The Morgan fingerprint density at radius 3 is 1.89 bits per heavy atom. The van der Waals surface area contributed by atoms with Gasteiger partial charge in [-0.2, -0.15) is 0 Å². The van der Waals surface area contributed by atoms with Crippen LogP contribution in [0.5, 0.6) is 0 Å². The van der Waals surface area contributed by atoms with E-state index in [2.05, 4.69) is 87.8 Å². The fourth-order valence-electron chi connectivity index (χ4n) is 2.69. The Kier molecular flexibility index (Phi) is 5.49. The van der Waals surface area contributed by atoms with Gasteiger partial charge in [0.15, 0.2) is 5.15 Å². The van der Waals surface area contributed by atoms with Gasteiger partial charge in [0.2, 0.25) is 0 Å². The average Bonchev–Trinajstić information content (AvgIpc) is 2.09. The van der Waals surface area contributed by atoms with Crippen LogP contribution in [0.1, 0.15) is 10.9 Å². The van der Waals surface area contributed by atoms with E-state index in [1.807, 2.05) is 0 Å². The third-order valence-corrected chi connectivity index (χ3v) is 13.8. The molecular formula is C11H19BrClIN2Si2. The number of hydrogen-bond acceptors (Lipinski definition) is 2. The first-order valence-electron chi connectivity index (χ1n) is 5.83. The first-order valence-corrected chi connectivity index (χ1v) is 15.2. The molecule has 0 aliphatic rings. The smallest absolute Gasteiger partial charge is 0.163 e. The summed E-state index contributed by atoms with van der Waals surface area (Å²) in [5.41, 5.74) is 1.14. The van der Waals surface area contributed by atoms with Gasteiger partial charge >= 0.3 is 0 Å². The van der Waals surface area contributed by atoms with Crippen LogP contribution in [0.15, 0.2) is 4.60 Å². The topological polar surface area (TPSA) is 25.8 Å². The lowest BCUT2D eigenvalue weighted by atomic mass is 10.5. The maximum absolute atomic E-state index is 6.02. The van der Waals surface area contributed by atoms with Crippen molar-refractivity contribution in [2.75, 3.05) is 0 Å². The summed E-state index contributed by atoms with van der Waals surface area (Å²) in [5, 5.41) is 1.03. The van der Waals surface area contributed by atoms with E-state index < -0.39 is 16.1 Å². The van der Waals surface area contributed by atoms with Gasteiger partial charge in [0.25, 0.3) is 0 Å². The zero-order valence-electron chi connectivity index (χ0n) is 11.6. The Balaban J connectivity index is 3.45. The van der Waals surface area contributed by atoms with Crippen LogP contribution in [-0.2, 0) is 0 Å². The lowest BCUT2D eigenvalue weighted by Crippen LogP contribution is -2.47. The molecule has 0 aromatic carbocycles. The highest BCUT2D eigenvalue weighted by atomic mass is 127. The zero-order chi connectivity index (χ0) is 14.3. The first-order chi connectivity index (χ1) is 7.94. The molecule has 0 atom stereocenters. The van der Waals surface area contributed by atoms with E-state index in [1.54, 1.807) is 0 Å². The van der Waals surface area contributed by atoms with Crippen LogP contribution in [0.4, 0.5) is 0 Å². The van der Waals surface area contributed by atoms with Crippen LogP contribution in [0.25, 0.3) is 0 Å². The van der Waals surface area contributed by atoms with Crippen molar-refractivity contribution in [3.63, 3.8) is 0 Å². The van der Waals surface area contributed by atoms with Gasteiger partial charge in [-0.15, -0.1) is 0 Å². The van der Waals surface area contributed by atoms with E-state index in [-0.39, 0.29) is 0 Å². The van der Waals surface area contributed by atoms with Crippen molar-refractivity contribution in [1.82, 2.24) is 9.97 Å². The molecule has 0 saturated heterocycles. The third-order valence-electron chi connectivity index (χ3n) is 2.80. The Labute approximate surface area is 139 Å². The summed E-state index contributed by atoms with van der Waals surface area (Å²) in [6, 6.07) is 0. The van der Waals surface area contributed by atoms with Crippen molar-refractivity contribution in [3.8, 4) is 0 Å². The molecule has 0 unspecified atom stereocenters. The molecule has 0 N–H and O–H groups in total. The van der Waals surface area contributed by atoms with E-state index in [1.165, 1.54) is 0 Å². The lowest BCUT2D eigenvalue weighted by molar-refractivity contribution is 0.980. The summed E-state index contributed by atoms with van der Waals surface area (Å²) in [6.07, 6.45) is 0. The number of hydrogen-bond donors (Lipinski definition) is 0. The molecule has 0 radical (unpaired) electrons. The monoisotopic (exact) mass is 476 g/mol. The summed E-state index contributed by atoms with van der Waals surface area (Å²) in [4.78, 5) is 9.10. The Bertz CT molecular complexity index is 444.